The fourth-order valence-electron chi connectivity index (χ4n) is 2.62. The van der Waals surface area contributed by atoms with Gasteiger partial charge in [0.05, 0.1) is 24.9 Å². The van der Waals surface area contributed by atoms with E-state index in [0.29, 0.717) is 12.8 Å². The fraction of sp³-hybridized carbons (Fsp3) is 0.684. The molecule has 0 fully saturated rings. The molecule has 0 unspecified atom stereocenters. The van der Waals surface area contributed by atoms with Crippen molar-refractivity contribution in [2.75, 3.05) is 13.2 Å². The maximum atomic E-state index is 10.2. The van der Waals surface area contributed by atoms with Crippen molar-refractivity contribution in [3.63, 3.8) is 0 Å². The minimum Gasteiger partial charge on any atom is -0.394 e. The van der Waals surface area contributed by atoms with E-state index < -0.39 is 11.6 Å². The van der Waals surface area contributed by atoms with E-state index in [-0.39, 0.29) is 13.2 Å². The largest absolute Gasteiger partial charge is 0.394 e. The maximum absolute atomic E-state index is 10.2. The number of benzene rings is 1. The number of aliphatic hydroxyl groups is 3. The Kier molecular flexibility index (Phi) is 9.41. The molecule has 23 heavy (non-hydrogen) atoms. The summed E-state index contributed by atoms with van der Waals surface area (Å²) in [5.41, 5.74) is 7.00. The SMILES string of the molecule is CCCCCCC[C@@H](O)c1ccc(CCC(N)(CO)CO)cc1. The second-order valence-corrected chi connectivity index (χ2v) is 6.64. The van der Waals surface area contributed by atoms with Gasteiger partial charge in [0.15, 0.2) is 0 Å². The minimum absolute atomic E-state index is 0.224. The van der Waals surface area contributed by atoms with E-state index in [4.69, 9.17) is 5.73 Å². The lowest BCUT2D eigenvalue weighted by Gasteiger charge is -2.24. The van der Waals surface area contributed by atoms with Gasteiger partial charge in [0.2, 0.25) is 0 Å². The first kappa shape index (κ1) is 20.1. The van der Waals surface area contributed by atoms with Crippen LogP contribution in [0.3, 0.4) is 0 Å². The topological polar surface area (TPSA) is 86.7 Å². The molecule has 0 aliphatic rings. The van der Waals surface area contributed by atoms with Gasteiger partial charge in [-0.2, -0.15) is 0 Å². The zero-order chi connectivity index (χ0) is 17.1. The number of hydrogen-bond donors (Lipinski definition) is 4. The molecule has 1 aromatic carbocycles. The van der Waals surface area contributed by atoms with Crippen LogP contribution in [0, 0.1) is 0 Å². The van der Waals surface area contributed by atoms with Gasteiger partial charge < -0.3 is 21.1 Å². The lowest BCUT2D eigenvalue weighted by atomic mass is 9.93. The molecule has 0 saturated heterocycles. The number of unbranched alkanes of at least 4 members (excludes halogenated alkanes) is 4. The lowest BCUT2D eigenvalue weighted by molar-refractivity contribution is 0.115. The van der Waals surface area contributed by atoms with E-state index in [9.17, 15) is 15.3 Å². The highest BCUT2D eigenvalue weighted by atomic mass is 16.3. The zero-order valence-electron chi connectivity index (χ0n) is 14.4. The van der Waals surface area contributed by atoms with Crippen molar-refractivity contribution in [3.05, 3.63) is 35.4 Å². The Labute approximate surface area is 140 Å². The maximum Gasteiger partial charge on any atom is 0.0790 e. The standard InChI is InChI=1S/C19H33NO3/c1-2-3-4-5-6-7-18(23)17-10-8-16(9-11-17)12-13-19(20,14-21)15-22/h8-11,18,21-23H,2-7,12-15,20H2,1H3/t18-/m1/s1. The van der Waals surface area contributed by atoms with Gasteiger partial charge in [-0.05, 0) is 30.4 Å². The number of rotatable bonds is 12. The molecule has 132 valence electrons. The van der Waals surface area contributed by atoms with Gasteiger partial charge in [-0.3, -0.25) is 0 Å². The summed E-state index contributed by atoms with van der Waals surface area (Å²) in [7, 11) is 0. The fourth-order valence-corrected chi connectivity index (χ4v) is 2.62. The van der Waals surface area contributed by atoms with Crippen LogP contribution in [0.15, 0.2) is 24.3 Å². The van der Waals surface area contributed by atoms with Crippen molar-refractivity contribution in [2.45, 2.75) is 69.9 Å². The lowest BCUT2D eigenvalue weighted by Crippen LogP contribution is -2.47. The van der Waals surface area contributed by atoms with Crippen molar-refractivity contribution >= 4 is 0 Å². The summed E-state index contributed by atoms with van der Waals surface area (Å²) in [5, 5.41) is 28.6. The van der Waals surface area contributed by atoms with E-state index in [1.54, 1.807) is 0 Å². The highest BCUT2D eigenvalue weighted by molar-refractivity contribution is 5.24. The molecule has 0 saturated carbocycles. The molecule has 0 amide bonds. The van der Waals surface area contributed by atoms with Gasteiger partial charge in [0.1, 0.15) is 0 Å². The van der Waals surface area contributed by atoms with Crippen LogP contribution in [0.2, 0.25) is 0 Å². The number of aliphatic hydroxyl groups excluding tert-OH is 3. The molecule has 5 N–H and O–H groups in total. The van der Waals surface area contributed by atoms with Gasteiger partial charge in [-0.1, -0.05) is 63.3 Å². The van der Waals surface area contributed by atoms with Crippen LogP contribution in [0.5, 0.6) is 0 Å². The summed E-state index contributed by atoms with van der Waals surface area (Å²) in [6.45, 7) is 1.75. The summed E-state index contributed by atoms with van der Waals surface area (Å²) < 4.78 is 0. The van der Waals surface area contributed by atoms with Crippen LogP contribution in [0.4, 0.5) is 0 Å². The second kappa shape index (κ2) is 10.8. The first-order valence-corrected chi connectivity index (χ1v) is 8.82. The van der Waals surface area contributed by atoms with E-state index in [0.717, 1.165) is 24.0 Å². The number of nitrogens with two attached hydrogens (primary N) is 1. The van der Waals surface area contributed by atoms with E-state index >= 15 is 0 Å². The van der Waals surface area contributed by atoms with Crippen molar-refractivity contribution in [2.24, 2.45) is 5.73 Å². The molecule has 1 rings (SSSR count). The van der Waals surface area contributed by atoms with Crippen molar-refractivity contribution in [3.8, 4) is 0 Å². The first-order chi connectivity index (χ1) is 11.0. The summed E-state index contributed by atoms with van der Waals surface area (Å²) in [6.07, 6.45) is 7.65. The van der Waals surface area contributed by atoms with Crippen LogP contribution >= 0.6 is 0 Å². The van der Waals surface area contributed by atoms with Crippen LogP contribution < -0.4 is 5.73 Å². The second-order valence-electron chi connectivity index (χ2n) is 6.64. The molecule has 0 aromatic heterocycles. The minimum atomic E-state index is -0.920. The third-order valence-corrected chi connectivity index (χ3v) is 4.49. The Balaban J connectivity index is 2.40. The Morgan fingerprint density at radius 3 is 2.17 bits per heavy atom. The van der Waals surface area contributed by atoms with E-state index in [2.05, 4.69) is 6.92 Å². The summed E-state index contributed by atoms with van der Waals surface area (Å²) in [6, 6.07) is 7.90. The zero-order valence-corrected chi connectivity index (χ0v) is 14.4. The summed E-state index contributed by atoms with van der Waals surface area (Å²) >= 11 is 0. The molecule has 0 spiro atoms. The van der Waals surface area contributed by atoms with Crippen LogP contribution in [-0.2, 0) is 6.42 Å². The first-order valence-electron chi connectivity index (χ1n) is 8.82. The molecular formula is C19H33NO3. The molecule has 0 aliphatic carbocycles. The third kappa shape index (κ3) is 7.44. The van der Waals surface area contributed by atoms with Gasteiger partial charge in [0, 0.05) is 0 Å². The molecular weight excluding hydrogens is 290 g/mol. The van der Waals surface area contributed by atoms with E-state index in [1.165, 1.54) is 25.7 Å². The van der Waals surface area contributed by atoms with Crippen molar-refractivity contribution < 1.29 is 15.3 Å². The van der Waals surface area contributed by atoms with Crippen molar-refractivity contribution in [1.82, 2.24) is 0 Å². The Morgan fingerprint density at radius 1 is 1.00 bits per heavy atom. The third-order valence-electron chi connectivity index (χ3n) is 4.49. The van der Waals surface area contributed by atoms with E-state index in [1.807, 2.05) is 24.3 Å². The predicted molar refractivity (Wildman–Crippen MR) is 94.2 cm³/mol. The quantitative estimate of drug-likeness (QED) is 0.445. The van der Waals surface area contributed by atoms with Gasteiger partial charge >= 0.3 is 0 Å². The van der Waals surface area contributed by atoms with Crippen LogP contribution in [0.1, 0.15) is 69.1 Å². The van der Waals surface area contributed by atoms with Crippen LogP contribution in [0.25, 0.3) is 0 Å². The molecule has 0 heterocycles. The number of aryl methyl sites for hydroxylation is 1. The summed E-state index contributed by atoms with van der Waals surface area (Å²) in [5.74, 6) is 0. The Hall–Kier alpha value is -0.940. The van der Waals surface area contributed by atoms with Gasteiger partial charge in [-0.25, -0.2) is 0 Å². The van der Waals surface area contributed by atoms with Crippen LogP contribution in [-0.4, -0.2) is 34.1 Å². The van der Waals surface area contributed by atoms with Crippen molar-refractivity contribution in [1.29, 1.82) is 0 Å². The molecule has 0 bridgehead atoms. The average Bonchev–Trinajstić information content (AvgIpc) is 2.59. The number of hydrogen-bond acceptors (Lipinski definition) is 4. The van der Waals surface area contributed by atoms with Gasteiger partial charge in [0.25, 0.3) is 0 Å². The molecule has 0 radical (unpaired) electrons. The molecule has 1 atom stereocenters. The Bertz CT molecular complexity index is 415. The summed E-state index contributed by atoms with van der Waals surface area (Å²) in [4.78, 5) is 0. The monoisotopic (exact) mass is 323 g/mol. The molecule has 1 aromatic rings. The molecule has 4 nitrogen and oxygen atoms in total. The Morgan fingerprint density at radius 2 is 1.61 bits per heavy atom. The smallest absolute Gasteiger partial charge is 0.0790 e. The molecule has 0 aliphatic heterocycles. The normalized spacial score (nSPS) is 13.3. The average molecular weight is 323 g/mol. The molecule has 4 heteroatoms. The highest BCUT2D eigenvalue weighted by Gasteiger charge is 2.22. The van der Waals surface area contributed by atoms with Gasteiger partial charge in [-0.15, -0.1) is 0 Å². The highest BCUT2D eigenvalue weighted by Crippen LogP contribution is 2.21. The predicted octanol–water partition coefficient (Wildman–Crippen LogP) is 2.70.